The number of benzene rings is 2. The van der Waals surface area contributed by atoms with Gasteiger partial charge in [-0.25, -0.2) is 18.4 Å². The SMILES string of the molecule is O=C1N/C(=N/c2ccc(S(=O)(=O)Nc3ccccn3)cc2)S/C1=C\c1ccc2ncccc2c1. The Balaban J connectivity index is 1.32. The molecule has 34 heavy (non-hydrogen) atoms. The van der Waals surface area contributed by atoms with Crippen LogP contribution in [-0.2, 0) is 14.8 Å². The van der Waals surface area contributed by atoms with Crippen LogP contribution in [0.5, 0.6) is 0 Å². The zero-order chi connectivity index (χ0) is 23.5. The Kier molecular flexibility index (Phi) is 5.83. The maximum Gasteiger partial charge on any atom is 0.264 e. The molecular weight excluding hydrogens is 470 g/mol. The lowest BCUT2D eigenvalue weighted by atomic mass is 10.1. The normalized spacial score (nSPS) is 16.2. The zero-order valence-corrected chi connectivity index (χ0v) is 19.2. The first-order valence-electron chi connectivity index (χ1n) is 10.1. The van der Waals surface area contributed by atoms with E-state index in [1.165, 1.54) is 30.1 Å². The van der Waals surface area contributed by atoms with Crippen LogP contribution in [0.2, 0.25) is 0 Å². The standard InChI is InChI=1S/C24H17N5O3S2/c30-23-21(15-16-6-11-20-17(14-16)4-3-13-25-20)33-24(28-23)27-18-7-9-19(10-8-18)34(31,32)29-22-5-1-2-12-26-22/h1-15H,(H,26,29)(H,27,28,30)/b21-15-. The summed E-state index contributed by atoms with van der Waals surface area (Å²) in [4.78, 5) is 25.7. The highest BCUT2D eigenvalue weighted by Gasteiger charge is 2.24. The minimum absolute atomic E-state index is 0.0802. The van der Waals surface area contributed by atoms with Gasteiger partial charge in [0.05, 0.1) is 21.0 Å². The molecular formula is C24H17N5O3S2. The van der Waals surface area contributed by atoms with E-state index in [-0.39, 0.29) is 16.6 Å². The van der Waals surface area contributed by atoms with Gasteiger partial charge in [0, 0.05) is 17.8 Å². The molecule has 4 aromatic rings. The zero-order valence-electron chi connectivity index (χ0n) is 17.5. The lowest BCUT2D eigenvalue weighted by Gasteiger charge is -2.07. The van der Waals surface area contributed by atoms with Gasteiger partial charge in [-0.1, -0.05) is 18.2 Å². The number of rotatable bonds is 5. The molecule has 0 aliphatic carbocycles. The minimum Gasteiger partial charge on any atom is -0.300 e. The maximum absolute atomic E-state index is 12.5. The fourth-order valence-electron chi connectivity index (χ4n) is 3.25. The van der Waals surface area contributed by atoms with Crippen molar-refractivity contribution in [3.63, 3.8) is 0 Å². The van der Waals surface area contributed by atoms with Crippen LogP contribution in [-0.4, -0.2) is 29.5 Å². The first kappa shape index (κ1) is 21.8. The highest BCUT2D eigenvalue weighted by atomic mass is 32.2. The number of fused-ring (bicyclic) bond motifs is 1. The Bertz CT molecular complexity index is 1550. The molecule has 1 fully saturated rings. The summed E-state index contributed by atoms with van der Waals surface area (Å²) >= 11 is 1.22. The fourth-order valence-corrected chi connectivity index (χ4v) is 5.10. The number of aliphatic imine (C=N–C) groups is 1. The van der Waals surface area contributed by atoms with E-state index in [0.717, 1.165) is 16.5 Å². The number of hydrogen-bond donors (Lipinski definition) is 2. The van der Waals surface area contributed by atoms with Crippen LogP contribution in [0.3, 0.4) is 0 Å². The van der Waals surface area contributed by atoms with Crippen LogP contribution in [0, 0.1) is 0 Å². The number of nitrogens with zero attached hydrogens (tertiary/aromatic N) is 3. The molecule has 1 amide bonds. The Morgan fingerprint density at radius 3 is 2.56 bits per heavy atom. The third kappa shape index (κ3) is 4.82. The molecule has 0 atom stereocenters. The van der Waals surface area contributed by atoms with Crippen LogP contribution in [0.4, 0.5) is 11.5 Å². The summed E-state index contributed by atoms with van der Waals surface area (Å²) in [6.45, 7) is 0. The number of amides is 1. The Labute approximate surface area is 199 Å². The van der Waals surface area contributed by atoms with Gasteiger partial charge < -0.3 is 5.32 Å². The molecule has 8 nitrogen and oxygen atoms in total. The molecule has 2 aromatic carbocycles. The van der Waals surface area contributed by atoms with E-state index in [1.807, 2.05) is 30.3 Å². The van der Waals surface area contributed by atoms with Crippen molar-refractivity contribution in [2.24, 2.45) is 4.99 Å². The Morgan fingerprint density at radius 2 is 1.76 bits per heavy atom. The number of carbonyl (C=O) groups excluding carboxylic acids is 1. The van der Waals surface area contributed by atoms with Crippen molar-refractivity contribution in [3.05, 3.63) is 95.7 Å². The molecule has 0 bridgehead atoms. The third-order valence-electron chi connectivity index (χ3n) is 4.86. The van der Waals surface area contributed by atoms with E-state index >= 15 is 0 Å². The highest BCUT2D eigenvalue weighted by molar-refractivity contribution is 8.18. The molecule has 0 radical (unpaired) electrons. The van der Waals surface area contributed by atoms with Gasteiger partial charge in [-0.3, -0.25) is 14.5 Å². The molecule has 2 aromatic heterocycles. The minimum atomic E-state index is -3.77. The van der Waals surface area contributed by atoms with Crippen molar-refractivity contribution in [1.29, 1.82) is 0 Å². The third-order valence-corrected chi connectivity index (χ3v) is 7.14. The second kappa shape index (κ2) is 9.08. The number of carbonyl (C=O) groups is 1. The first-order valence-corrected chi connectivity index (χ1v) is 12.4. The van der Waals surface area contributed by atoms with Crippen molar-refractivity contribution in [2.75, 3.05) is 4.72 Å². The molecule has 2 N–H and O–H groups in total. The summed E-state index contributed by atoms with van der Waals surface area (Å²) in [6.07, 6.45) is 5.04. The van der Waals surface area contributed by atoms with E-state index < -0.39 is 10.0 Å². The number of anilines is 1. The van der Waals surface area contributed by atoms with Gasteiger partial charge in [-0.05, 0) is 78.0 Å². The molecule has 1 aliphatic rings. The number of hydrogen-bond acceptors (Lipinski definition) is 7. The monoisotopic (exact) mass is 487 g/mol. The summed E-state index contributed by atoms with van der Waals surface area (Å²) in [6, 6.07) is 20.6. The predicted octanol–water partition coefficient (Wildman–Crippen LogP) is 4.32. The lowest BCUT2D eigenvalue weighted by molar-refractivity contribution is -0.115. The van der Waals surface area contributed by atoms with E-state index in [0.29, 0.717) is 15.8 Å². The van der Waals surface area contributed by atoms with Crippen molar-refractivity contribution in [3.8, 4) is 0 Å². The molecule has 0 saturated carbocycles. The fraction of sp³-hybridized carbons (Fsp3) is 0. The van der Waals surface area contributed by atoms with Crippen molar-refractivity contribution < 1.29 is 13.2 Å². The lowest BCUT2D eigenvalue weighted by Crippen LogP contribution is -2.19. The molecule has 1 saturated heterocycles. The summed E-state index contributed by atoms with van der Waals surface area (Å²) in [5.74, 6) is -0.00678. The molecule has 10 heteroatoms. The van der Waals surface area contributed by atoms with E-state index in [2.05, 4.69) is 25.0 Å². The summed E-state index contributed by atoms with van der Waals surface area (Å²) in [5.41, 5.74) is 2.28. The van der Waals surface area contributed by atoms with Crippen molar-refractivity contribution in [1.82, 2.24) is 15.3 Å². The van der Waals surface area contributed by atoms with Crippen LogP contribution < -0.4 is 10.0 Å². The molecule has 5 rings (SSSR count). The second-order valence-electron chi connectivity index (χ2n) is 7.25. The predicted molar refractivity (Wildman–Crippen MR) is 134 cm³/mol. The van der Waals surface area contributed by atoms with Gasteiger partial charge in [-0.2, -0.15) is 0 Å². The average molecular weight is 488 g/mol. The van der Waals surface area contributed by atoms with Crippen LogP contribution in [0.15, 0.2) is 100.0 Å². The van der Waals surface area contributed by atoms with Crippen LogP contribution in [0.25, 0.3) is 17.0 Å². The summed E-state index contributed by atoms with van der Waals surface area (Å²) in [7, 11) is -3.77. The van der Waals surface area contributed by atoms with E-state index in [1.54, 1.807) is 42.6 Å². The van der Waals surface area contributed by atoms with Crippen LogP contribution >= 0.6 is 11.8 Å². The molecule has 3 heterocycles. The van der Waals surface area contributed by atoms with Crippen molar-refractivity contribution in [2.45, 2.75) is 4.90 Å². The quantitative estimate of drug-likeness (QED) is 0.405. The van der Waals surface area contributed by atoms with Gasteiger partial charge in [-0.15, -0.1) is 0 Å². The number of sulfonamides is 1. The summed E-state index contributed by atoms with van der Waals surface area (Å²) < 4.78 is 27.5. The highest BCUT2D eigenvalue weighted by Crippen LogP contribution is 2.29. The number of thioether (sulfide) groups is 1. The number of aromatic nitrogens is 2. The molecule has 168 valence electrons. The average Bonchev–Trinajstić information content (AvgIpc) is 3.18. The maximum atomic E-state index is 12.5. The number of amidine groups is 1. The number of nitrogens with one attached hydrogen (secondary N) is 2. The van der Waals surface area contributed by atoms with Gasteiger partial charge in [0.15, 0.2) is 5.17 Å². The van der Waals surface area contributed by atoms with Gasteiger partial charge >= 0.3 is 0 Å². The Hall–Kier alpha value is -4.02. The first-order chi connectivity index (χ1) is 16.5. The molecule has 1 aliphatic heterocycles. The number of pyridine rings is 2. The Morgan fingerprint density at radius 1 is 0.941 bits per heavy atom. The van der Waals surface area contributed by atoms with Crippen molar-refractivity contribution >= 4 is 61.3 Å². The van der Waals surface area contributed by atoms with Crippen LogP contribution in [0.1, 0.15) is 5.56 Å². The molecule has 0 unspecified atom stereocenters. The summed E-state index contributed by atoms with van der Waals surface area (Å²) in [5, 5.41) is 4.15. The van der Waals surface area contributed by atoms with Gasteiger partial charge in [0.1, 0.15) is 5.82 Å². The largest absolute Gasteiger partial charge is 0.300 e. The smallest absolute Gasteiger partial charge is 0.264 e. The van der Waals surface area contributed by atoms with Gasteiger partial charge in [0.25, 0.3) is 15.9 Å². The topological polar surface area (TPSA) is 113 Å². The molecule has 0 spiro atoms. The van der Waals surface area contributed by atoms with E-state index in [4.69, 9.17) is 0 Å². The van der Waals surface area contributed by atoms with Gasteiger partial charge in [0.2, 0.25) is 0 Å². The van der Waals surface area contributed by atoms with E-state index in [9.17, 15) is 13.2 Å². The second-order valence-corrected chi connectivity index (χ2v) is 9.96.